The van der Waals surface area contributed by atoms with Gasteiger partial charge in [-0.1, -0.05) is 36.2 Å². The fourth-order valence-corrected chi connectivity index (χ4v) is 2.77. The van der Waals surface area contributed by atoms with Crippen LogP contribution in [0.3, 0.4) is 0 Å². The highest BCUT2D eigenvalue weighted by atomic mass is 35.5. The van der Waals surface area contributed by atoms with Crippen molar-refractivity contribution in [3.8, 4) is 0 Å². The minimum atomic E-state index is -0.107. The van der Waals surface area contributed by atoms with Gasteiger partial charge in [0.1, 0.15) is 0 Å². The van der Waals surface area contributed by atoms with Crippen LogP contribution in [0.5, 0.6) is 0 Å². The lowest BCUT2D eigenvalue weighted by Gasteiger charge is -2.35. The first-order chi connectivity index (χ1) is 8.50. The first-order valence-corrected chi connectivity index (χ1v) is 6.75. The van der Waals surface area contributed by atoms with Crippen molar-refractivity contribution in [1.29, 1.82) is 0 Å². The number of likely N-dealkylation sites (tertiary alicyclic amines) is 1. The fourth-order valence-electron chi connectivity index (χ4n) is 2.21. The van der Waals surface area contributed by atoms with Crippen LogP contribution in [-0.2, 0) is 0 Å². The molecule has 6 heteroatoms. The number of carbonyl (C=O) groups excluding carboxylic acids is 1. The molecule has 1 fully saturated rings. The van der Waals surface area contributed by atoms with E-state index in [1.54, 1.807) is 23.1 Å². The van der Waals surface area contributed by atoms with Gasteiger partial charge in [0.25, 0.3) is 5.91 Å². The van der Waals surface area contributed by atoms with E-state index >= 15 is 0 Å². The molecule has 1 amide bonds. The van der Waals surface area contributed by atoms with Crippen LogP contribution in [0.25, 0.3) is 0 Å². The SMILES string of the molecule is CC1CN(C(=O)c2c(Cl)cccc2Cl)CCC1N.Cl. The Morgan fingerprint density at radius 3 is 2.47 bits per heavy atom. The Labute approximate surface area is 129 Å². The standard InChI is InChI=1S/C13H16Cl2N2O.ClH/c1-8-7-17(6-5-11(8)16)13(18)12-9(14)3-2-4-10(12)15;/h2-4,8,11H,5-7,16H2,1H3;1H. The van der Waals surface area contributed by atoms with E-state index in [1.165, 1.54) is 0 Å². The zero-order chi connectivity index (χ0) is 13.3. The molecule has 106 valence electrons. The molecule has 0 spiro atoms. The lowest BCUT2D eigenvalue weighted by Crippen LogP contribution is -2.48. The number of nitrogens with two attached hydrogens (primary N) is 1. The topological polar surface area (TPSA) is 46.3 Å². The first-order valence-electron chi connectivity index (χ1n) is 5.99. The molecule has 0 aromatic heterocycles. The summed E-state index contributed by atoms with van der Waals surface area (Å²) < 4.78 is 0. The summed E-state index contributed by atoms with van der Waals surface area (Å²) in [7, 11) is 0. The molecule has 2 atom stereocenters. The van der Waals surface area contributed by atoms with Crippen LogP contribution in [0.1, 0.15) is 23.7 Å². The van der Waals surface area contributed by atoms with E-state index in [-0.39, 0.29) is 24.4 Å². The molecular weight excluding hydrogens is 307 g/mol. The number of nitrogens with zero attached hydrogens (tertiary/aromatic N) is 1. The van der Waals surface area contributed by atoms with Gasteiger partial charge in [-0.05, 0) is 24.5 Å². The van der Waals surface area contributed by atoms with Gasteiger partial charge in [0.05, 0.1) is 15.6 Å². The van der Waals surface area contributed by atoms with Crippen molar-refractivity contribution in [3.05, 3.63) is 33.8 Å². The molecule has 1 saturated heterocycles. The molecule has 1 aliphatic heterocycles. The lowest BCUT2D eigenvalue weighted by atomic mass is 9.94. The number of rotatable bonds is 1. The fraction of sp³-hybridized carbons (Fsp3) is 0.462. The summed E-state index contributed by atoms with van der Waals surface area (Å²) in [5, 5.41) is 0.796. The normalized spacial score (nSPS) is 22.8. The summed E-state index contributed by atoms with van der Waals surface area (Å²) in [5.74, 6) is 0.188. The molecule has 0 radical (unpaired) electrons. The zero-order valence-corrected chi connectivity index (χ0v) is 12.9. The predicted octanol–water partition coefficient (Wildman–Crippen LogP) is 3.22. The third-order valence-corrected chi connectivity index (χ3v) is 4.07. The van der Waals surface area contributed by atoms with Crippen LogP contribution in [-0.4, -0.2) is 29.9 Å². The maximum Gasteiger partial charge on any atom is 0.256 e. The molecule has 2 unspecified atom stereocenters. The maximum atomic E-state index is 12.4. The van der Waals surface area contributed by atoms with Gasteiger partial charge in [0, 0.05) is 19.1 Å². The van der Waals surface area contributed by atoms with Crippen molar-refractivity contribution in [2.45, 2.75) is 19.4 Å². The highest BCUT2D eigenvalue weighted by Crippen LogP contribution is 2.27. The molecule has 2 N–H and O–H groups in total. The van der Waals surface area contributed by atoms with Gasteiger partial charge >= 0.3 is 0 Å². The summed E-state index contributed by atoms with van der Waals surface area (Å²) in [6.45, 7) is 3.37. The quantitative estimate of drug-likeness (QED) is 0.862. The lowest BCUT2D eigenvalue weighted by molar-refractivity contribution is 0.0664. The minimum Gasteiger partial charge on any atom is -0.338 e. The molecule has 1 aromatic carbocycles. The van der Waals surface area contributed by atoms with E-state index in [9.17, 15) is 4.79 Å². The highest BCUT2D eigenvalue weighted by molar-refractivity contribution is 6.39. The molecule has 1 aromatic rings. The third kappa shape index (κ3) is 3.54. The van der Waals surface area contributed by atoms with Crippen molar-refractivity contribution < 1.29 is 4.79 Å². The van der Waals surface area contributed by atoms with Crippen molar-refractivity contribution >= 4 is 41.5 Å². The summed E-state index contributed by atoms with van der Waals surface area (Å²) in [6.07, 6.45) is 0.814. The smallest absolute Gasteiger partial charge is 0.256 e. The van der Waals surface area contributed by atoms with Crippen LogP contribution in [0, 0.1) is 5.92 Å². The number of benzene rings is 1. The summed E-state index contributed by atoms with van der Waals surface area (Å²) in [6, 6.07) is 5.26. The Hall–Kier alpha value is -0.480. The van der Waals surface area contributed by atoms with Gasteiger partial charge in [-0.15, -0.1) is 12.4 Å². The van der Waals surface area contributed by atoms with Gasteiger partial charge in [0.15, 0.2) is 0 Å². The average molecular weight is 324 g/mol. The molecule has 1 aliphatic rings. The first kappa shape index (κ1) is 16.6. The van der Waals surface area contributed by atoms with E-state index in [2.05, 4.69) is 6.92 Å². The Balaban J connectivity index is 0.00000180. The summed E-state index contributed by atoms with van der Waals surface area (Å²) in [4.78, 5) is 14.2. The van der Waals surface area contributed by atoms with E-state index < -0.39 is 0 Å². The number of hydrogen-bond acceptors (Lipinski definition) is 2. The third-order valence-electron chi connectivity index (χ3n) is 3.44. The number of carbonyl (C=O) groups is 1. The number of amides is 1. The van der Waals surface area contributed by atoms with Crippen LogP contribution < -0.4 is 5.73 Å². The van der Waals surface area contributed by atoms with Crippen LogP contribution in [0.2, 0.25) is 10.0 Å². The van der Waals surface area contributed by atoms with Crippen molar-refractivity contribution in [1.82, 2.24) is 4.90 Å². The number of halogens is 3. The monoisotopic (exact) mass is 322 g/mol. The minimum absolute atomic E-state index is 0. The number of piperidine rings is 1. The average Bonchev–Trinajstić information content (AvgIpc) is 2.32. The molecular formula is C13H17Cl3N2O. The van der Waals surface area contributed by atoms with Gasteiger partial charge in [-0.2, -0.15) is 0 Å². The van der Waals surface area contributed by atoms with Gasteiger partial charge in [-0.25, -0.2) is 0 Å². The van der Waals surface area contributed by atoms with E-state index in [0.29, 0.717) is 34.6 Å². The molecule has 0 bridgehead atoms. The summed E-state index contributed by atoms with van der Waals surface area (Å²) in [5.41, 5.74) is 6.34. The number of hydrogen-bond donors (Lipinski definition) is 1. The molecule has 1 heterocycles. The molecule has 3 nitrogen and oxygen atoms in total. The Kier molecular flexibility index (Phi) is 5.93. The summed E-state index contributed by atoms with van der Waals surface area (Å²) >= 11 is 12.1. The second-order valence-corrected chi connectivity index (χ2v) is 5.59. The Bertz CT molecular complexity index is 447. The maximum absolute atomic E-state index is 12.4. The molecule has 2 rings (SSSR count). The largest absolute Gasteiger partial charge is 0.338 e. The van der Waals surface area contributed by atoms with Crippen LogP contribution in [0.15, 0.2) is 18.2 Å². The molecule has 19 heavy (non-hydrogen) atoms. The van der Waals surface area contributed by atoms with Gasteiger partial charge in [0.2, 0.25) is 0 Å². The second kappa shape index (κ2) is 6.80. The second-order valence-electron chi connectivity index (χ2n) is 4.78. The van der Waals surface area contributed by atoms with Crippen molar-refractivity contribution in [2.24, 2.45) is 11.7 Å². The van der Waals surface area contributed by atoms with Crippen LogP contribution in [0.4, 0.5) is 0 Å². The van der Waals surface area contributed by atoms with E-state index in [0.717, 1.165) is 6.42 Å². The molecule has 0 saturated carbocycles. The van der Waals surface area contributed by atoms with Crippen LogP contribution >= 0.6 is 35.6 Å². The molecule has 0 aliphatic carbocycles. The van der Waals surface area contributed by atoms with Crippen molar-refractivity contribution in [2.75, 3.05) is 13.1 Å². The Morgan fingerprint density at radius 2 is 1.95 bits per heavy atom. The van der Waals surface area contributed by atoms with Gasteiger partial charge < -0.3 is 10.6 Å². The highest BCUT2D eigenvalue weighted by Gasteiger charge is 2.28. The van der Waals surface area contributed by atoms with E-state index in [4.69, 9.17) is 28.9 Å². The predicted molar refractivity (Wildman–Crippen MR) is 81.4 cm³/mol. The van der Waals surface area contributed by atoms with Gasteiger partial charge in [-0.3, -0.25) is 4.79 Å². The Morgan fingerprint density at radius 1 is 1.37 bits per heavy atom. The van der Waals surface area contributed by atoms with E-state index in [1.807, 2.05) is 0 Å². The van der Waals surface area contributed by atoms with Crippen molar-refractivity contribution in [3.63, 3.8) is 0 Å². The zero-order valence-electron chi connectivity index (χ0n) is 10.6.